The van der Waals surface area contributed by atoms with Gasteiger partial charge in [-0.15, -0.1) is 0 Å². The van der Waals surface area contributed by atoms with E-state index in [1.165, 1.54) is 4.31 Å². The van der Waals surface area contributed by atoms with Crippen molar-refractivity contribution in [3.8, 4) is 0 Å². The molecule has 0 amide bonds. The standard InChI is InChI=1S/C13H23N5O2S/c1-3-6-17-9-12(16-10(17)2)21(19,20)18-7-4-11(5-8-18)13(14)15/h9,11H,3-8H2,1-2H3,(H3,14,15). The number of sulfonamides is 1. The average molecular weight is 313 g/mol. The van der Waals surface area contributed by atoms with Crippen molar-refractivity contribution in [3.05, 3.63) is 12.0 Å². The number of imidazole rings is 1. The van der Waals surface area contributed by atoms with Crippen LogP contribution in [0.25, 0.3) is 0 Å². The molecule has 118 valence electrons. The van der Waals surface area contributed by atoms with Gasteiger partial charge in [0.05, 0.1) is 5.84 Å². The van der Waals surface area contributed by atoms with Crippen LogP contribution in [-0.2, 0) is 16.6 Å². The van der Waals surface area contributed by atoms with Gasteiger partial charge in [0.15, 0.2) is 5.03 Å². The fourth-order valence-electron chi connectivity index (χ4n) is 2.61. The maximum Gasteiger partial charge on any atom is 0.262 e. The third-order valence-electron chi connectivity index (χ3n) is 3.92. The topological polar surface area (TPSA) is 105 Å². The minimum atomic E-state index is -3.54. The van der Waals surface area contributed by atoms with Gasteiger partial charge in [0.25, 0.3) is 10.0 Å². The SMILES string of the molecule is CCCn1cc(S(=O)(=O)N2CCC(C(=N)N)CC2)nc1C. The summed E-state index contributed by atoms with van der Waals surface area (Å²) in [5, 5.41) is 7.57. The molecule has 0 atom stereocenters. The molecule has 7 nitrogen and oxygen atoms in total. The van der Waals surface area contributed by atoms with E-state index in [-0.39, 0.29) is 16.8 Å². The van der Waals surface area contributed by atoms with Crippen molar-refractivity contribution in [2.24, 2.45) is 11.7 Å². The molecule has 8 heteroatoms. The molecule has 1 aromatic heterocycles. The molecule has 0 spiro atoms. The van der Waals surface area contributed by atoms with Crippen molar-refractivity contribution >= 4 is 15.9 Å². The van der Waals surface area contributed by atoms with E-state index in [9.17, 15) is 8.42 Å². The van der Waals surface area contributed by atoms with Gasteiger partial charge < -0.3 is 10.3 Å². The minimum absolute atomic E-state index is 0.00386. The van der Waals surface area contributed by atoms with Crippen molar-refractivity contribution in [3.63, 3.8) is 0 Å². The molecule has 1 saturated heterocycles. The highest BCUT2D eigenvalue weighted by Gasteiger charge is 2.32. The molecule has 2 rings (SSSR count). The van der Waals surface area contributed by atoms with E-state index in [2.05, 4.69) is 4.98 Å². The Hall–Kier alpha value is -1.41. The minimum Gasteiger partial charge on any atom is -0.387 e. The van der Waals surface area contributed by atoms with E-state index in [0.29, 0.717) is 31.8 Å². The highest BCUT2D eigenvalue weighted by atomic mass is 32.2. The Bertz CT molecular complexity index is 615. The summed E-state index contributed by atoms with van der Waals surface area (Å²) in [6, 6.07) is 0. The van der Waals surface area contributed by atoms with Crippen LogP contribution in [0.1, 0.15) is 32.0 Å². The molecule has 1 aromatic rings. The third-order valence-corrected chi connectivity index (χ3v) is 5.69. The Morgan fingerprint density at radius 3 is 2.62 bits per heavy atom. The number of aryl methyl sites for hydroxylation is 2. The quantitative estimate of drug-likeness (QED) is 0.623. The van der Waals surface area contributed by atoms with Crippen LogP contribution < -0.4 is 5.73 Å². The number of aromatic nitrogens is 2. The molecule has 1 fully saturated rings. The predicted octanol–water partition coefficient (Wildman–Crippen LogP) is 0.938. The number of hydrogen-bond donors (Lipinski definition) is 2. The van der Waals surface area contributed by atoms with Gasteiger partial charge in [0.2, 0.25) is 0 Å². The Morgan fingerprint density at radius 2 is 2.10 bits per heavy atom. The number of amidine groups is 1. The Morgan fingerprint density at radius 1 is 1.48 bits per heavy atom. The summed E-state index contributed by atoms with van der Waals surface area (Å²) >= 11 is 0. The lowest BCUT2D eigenvalue weighted by atomic mass is 9.97. The van der Waals surface area contributed by atoms with Crippen LogP contribution in [0.5, 0.6) is 0 Å². The third kappa shape index (κ3) is 3.26. The maximum absolute atomic E-state index is 12.6. The molecule has 1 aliphatic rings. The second-order valence-electron chi connectivity index (χ2n) is 5.45. The van der Waals surface area contributed by atoms with Crippen molar-refractivity contribution < 1.29 is 8.42 Å². The fourth-order valence-corrected chi connectivity index (χ4v) is 4.07. The van der Waals surface area contributed by atoms with E-state index in [0.717, 1.165) is 13.0 Å². The molecule has 2 heterocycles. The lowest BCUT2D eigenvalue weighted by Gasteiger charge is -2.29. The van der Waals surface area contributed by atoms with Crippen LogP contribution in [0.3, 0.4) is 0 Å². The summed E-state index contributed by atoms with van der Waals surface area (Å²) in [6.07, 6.45) is 3.75. The van der Waals surface area contributed by atoms with Gasteiger partial charge in [-0.05, 0) is 26.2 Å². The van der Waals surface area contributed by atoms with E-state index in [1.807, 2.05) is 18.4 Å². The summed E-state index contributed by atoms with van der Waals surface area (Å²) in [5.41, 5.74) is 5.49. The number of rotatable bonds is 5. The zero-order valence-corrected chi connectivity index (χ0v) is 13.4. The highest BCUT2D eigenvalue weighted by Crippen LogP contribution is 2.23. The molecule has 21 heavy (non-hydrogen) atoms. The summed E-state index contributed by atoms with van der Waals surface area (Å²) in [4.78, 5) is 4.20. The van der Waals surface area contributed by atoms with Gasteiger partial charge in [-0.3, -0.25) is 5.41 Å². The molecule has 0 bridgehead atoms. The average Bonchev–Trinajstić information content (AvgIpc) is 2.81. The van der Waals surface area contributed by atoms with Gasteiger partial charge >= 0.3 is 0 Å². The van der Waals surface area contributed by atoms with Crippen LogP contribution in [-0.4, -0.2) is 41.2 Å². The van der Waals surface area contributed by atoms with Crippen molar-refractivity contribution in [2.45, 2.75) is 44.7 Å². The van der Waals surface area contributed by atoms with Crippen molar-refractivity contribution in [1.29, 1.82) is 5.41 Å². The van der Waals surface area contributed by atoms with Crippen LogP contribution >= 0.6 is 0 Å². The zero-order chi connectivity index (χ0) is 15.6. The van der Waals surface area contributed by atoms with E-state index >= 15 is 0 Å². The molecule has 0 aliphatic carbocycles. The second kappa shape index (κ2) is 6.15. The number of nitrogens with one attached hydrogen (secondary N) is 1. The molecule has 0 saturated carbocycles. The Balaban J connectivity index is 2.15. The molecule has 0 unspecified atom stereocenters. The summed E-state index contributed by atoms with van der Waals surface area (Å²) in [7, 11) is -3.54. The summed E-state index contributed by atoms with van der Waals surface area (Å²) in [6.45, 7) is 5.41. The summed E-state index contributed by atoms with van der Waals surface area (Å²) in [5.74, 6) is 0.861. The molecular weight excluding hydrogens is 290 g/mol. The molecular formula is C13H23N5O2S. The molecule has 3 N–H and O–H groups in total. The number of piperidine rings is 1. The molecule has 1 aliphatic heterocycles. The van der Waals surface area contributed by atoms with E-state index < -0.39 is 10.0 Å². The van der Waals surface area contributed by atoms with Crippen LogP contribution in [0.4, 0.5) is 0 Å². The Kier molecular flexibility index (Phi) is 4.67. The number of nitrogens with two attached hydrogens (primary N) is 1. The van der Waals surface area contributed by atoms with Gasteiger partial charge in [-0.2, -0.15) is 4.31 Å². The van der Waals surface area contributed by atoms with Crippen molar-refractivity contribution in [2.75, 3.05) is 13.1 Å². The second-order valence-corrected chi connectivity index (χ2v) is 7.34. The molecule has 0 aromatic carbocycles. The normalized spacial score (nSPS) is 18.0. The van der Waals surface area contributed by atoms with E-state index in [1.54, 1.807) is 6.20 Å². The fraction of sp³-hybridized carbons (Fsp3) is 0.692. The van der Waals surface area contributed by atoms with Crippen LogP contribution in [0.15, 0.2) is 11.2 Å². The van der Waals surface area contributed by atoms with Crippen LogP contribution in [0.2, 0.25) is 0 Å². The summed E-state index contributed by atoms with van der Waals surface area (Å²) < 4.78 is 28.5. The lowest BCUT2D eigenvalue weighted by molar-refractivity contribution is 0.314. The number of nitrogens with zero attached hydrogens (tertiary/aromatic N) is 3. The van der Waals surface area contributed by atoms with Gasteiger partial charge in [-0.1, -0.05) is 6.92 Å². The first kappa shape index (κ1) is 16.0. The lowest BCUT2D eigenvalue weighted by Crippen LogP contribution is -2.41. The number of hydrogen-bond acceptors (Lipinski definition) is 4. The largest absolute Gasteiger partial charge is 0.387 e. The maximum atomic E-state index is 12.6. The van der Waals surface area contributed by atoms with Gasteiger partial charge in [-0.25, -0.2) is 13.4 Å². The Labute approximate surface area is 125 Å². The smallest absolute Gasteiger partial charge is 0.262 e. The first-order valence-corrected chi connectivity index (χ1v) is 8.68. The monoisotopic (exact) mass is 313 g/mol. The van der Waals surface area contributed by atoms with Crippen LogP contribution in [0, 0.1) is 18.3 Å². The van der Waals surface area contributed by atoms with Gasteiger partial charge in [0.1, 0.15) is 5.82 Å². The zero-order valence-electron chi connectivity index (χ0n) is 12.5. The highest BCUT2D eigenvalue weighted by molar-refractivity contribution is 7.89. The van der Waals surface area contributed by atoms with Crippen molar-refractivity contribution in [1.82, 2.24) is 13.9 Å². The first-order chi connectivity index (χ1) is 9.86. The molecule has 0 radical (unpaired) electrons. The van der Waals surface area contributed by atoms with Gasteiger partial charge in [0, 0.05) is 31.7 Å². The van der Waals surface area contributed by atoms with E-state index in [4.69, 9.17) is 11.1 Å². The first-order valence-electron chi connectivity index (χ1n) is 7.24. The predicted molar refractivity (Wildman–Crippen MR) is 80.7 cm³/mol.